The first-order chi connectivity index (χ1) is 9.47. The van der Waals surface area contributed by atoms with Gasteiger partial charge in [0.25, 0.3) is 0 Å². The van der Waals surface area contributed by atoms with Gasteiger partial charge in [0.1, 0.15) is 4.90 Å². The Hall–Kier alpha value is -0.500. The molecular formula is C13H20BrN3O2S. The second-order valence-corrected chi connectivity index (χ2v) is 7.95. The van der Waals surface area contributed by atoms with E-state index in [4.69, 9.17) is 0 Å². The molecule has 1 N–H and O–H groups in total. The molecule has 20 heavy (non-hydrogen) atoms. The Kier molecular flexibility index (Phi) is 5.54. The van der Waals surface area contributed by atoms with Crippen molar-refractivity contribution in [3.63, 3.8) is 0 Å². The number of likely N-dealkylation sites (tertiary alicyclic amines) is 1. The Bertz CT molecular complexity index is 542. The maximum absolute atomic E-state index is 12.1. The minimum atomic E-state index is -3.45. The van der Waals surface area contributed by atoms with Crippen molar-refractivity contribution in [1.29, 1.82) is 0 Å². The zero-order valence-corrected chi connectivity index (χ0v) is 14.0. The van der Waals surface area contributed by atoms with Crippen molar-refractivity contribution in [2.24, 2.45) is 5.92 Å². The number of nitrogens with zero attached hydrogens (tertiary/aromatic N) is 2. The monoisotopic (exact) mass is 361 g/mol. The molecule has 0 aliphatic carbocycles. The van der Waals surface area contributed by atoms with Gasteiger partial charge in [-0.15, -0.1) is 0 Å². The molecule has 7 heteroatoms. The summed E-state index contributed by atoms with van der Waals surface area (Å²) in [5, 5.41) is 0. The van der Waals surface area contributed by atoms with E-state index >= 15 is 0 Å². The topological polar surface area (TPSA) is 62.3 Å². The van der Waals surface area contributed by atoms with Crippen molar-refractivity contribution in [3.05, 3.63) is 22.9 Å². The Morgan fingerprint density at radius 2 is 2.10 bits per heavy atom. The van der Waals surface area contributed by atoms with Crippen molar-refractivity contribution in [3.8, 4) is 0 Å². The first-order valence-corrected chi connectivity index (χ1v) is 9.04. The number of halogens is 1. The lowest BCUT2D eigenvalue weighted by molar-refractivity contribution is 0.213. The maximum Gasteiger partial charge on any atom is 0.242 e. The second kappa shape index (κ2) is 6.98. The fourth-order valence-corrected chi connectivity index (χ4v) is 3.92. The van der Waals surface area contributed by atoms with Crippen LogP contribution in [0.15, 0.2) is 27.8 Å². The van der Waals surface area contributed by atoms with E-state index in [2.05, 4.69) is 37.6 Å². The van der Waals surface area contributed by atoms with Crippen LogP contribution < -0.4 is 4.72 Å². The molecule has 0 aromatic carbocycles. The molecule has 0 unspecified atom stereocenters. The zero-order valence-electron chi connectivity index (χ0n) is 11.5. The number of rotatable bonds is 5. The highest BCUT2D eigenvalue weighted by Gasteiger charge is 2.18. The lowest BCUT2D eigenvalue weighted by Gasteiger charge is -2.28. The average Bonchev–Trinajstić information content (AvgIpc) is 2.41. The quantitative estimate of drug-likeness (QED) is 0.869. The molecule has 1 saturated heterocycles. The normalized spacial score (nSPS) is 18.3. The summed E-state index contributed by atoms with van der Waals surface area (Å²) >= 11 is 3.23. The van der Waals surface area contributed by atoms with Gasteiger partial charge in [-0.05, 0) is 67.3 Å². The molecule has 2 heterocycles. The number of pyridine rings is 1. The maximum atomic E-state index is 12.1. The smallest absolute Gasteiger partial charge is 0.242 e. The highest BCUT2D eigenvalue weighted by atomic mass is 79.9. The zero-order chi connectivity index (χ0) is 14.6. The molecule has 1 aliphatic heterocycles. The SMILES string of the molecule is CN1CCC(CCNS(=O)(=O)c2cncc(Br)c2)CC1. The van der Waals surface area contributed by atoms with Gasteiger partial charge in [-0.3, -0.25) is 4.98 Å². The van der Waals surface area contributed by atoms with E-state index < -0.39 is 10.0 Å². The predicted molar refractivity (Wildman–Crippen MR) is 82.0 cm³/mol. The molecule has 1 fully saturated rings. The Morgan fingerprint density at radius 3 is 2.75 bits per heavy atom. The van der Waals surface area contributed by atoms with Gasteiger partial charge in [0.05, 0.1) is 0 Å². The van der Waals surface area contributed by atoms with Crippen LogP contribution in [0.5, 0.6) is 0 Å². The molecule has 1 aliphatic rings. The minimum absolute atomic E-state index is 0.204. The molecule has 2 rings (SSSR count). The highest BCUT2D eigenvalue weighted by Crippen LogP contribution is 2.19. The van der Waals surface area contributed by atoms with Crippen LogP contribution in [0.4, 0.5) is 0 Å². The van der Waals surface area contributed by atoms with Gasteiger partial charge in [-0.1, -0.05) is 0 Å². The lowest BCUT2D eigenvalue weighted by atomic mass is 9.94. The average molecular weight is 362 g/mol. The third-order valence-electron chi connectivity index (χ3n) is 3.67. The predicted octanol–water partition coefficient (Wildman–Crippen LogP) is 1.85. The van der Waals surface area contributed by atoms with Gasteiger partial charge in [0.15, 0.2) is 0 Å². The van der Waals surface area contributed by atoms with Crippen LogP contribution >= 0.6 is 15.9 Å². The third-order valence-corrected chi connectivity index (χ3v) is 5.53. The molecule has 5 nitrogen and oxygen atoms in total. The fraction of sp³-hybridized carbons (Fsp3) is 0.615. The van der Waals surface area contributed by atoms with E-state index in [1.165, 1.54) is 6.20 Å². The van der Waals surface area contributed by atoms with E-state index in [1.54, 1.807) is 12.3 Å². The van der Waals surface area contributed by atoms with Crippen LogP contribution in [0.25, 0.3) is 0 Å². The van der Waals surface area contributed by atoms with Crippen LogP contribution in [0.2, 0.25) is 0 Å². The second-order valence-electron chi connectivity index (χ2n) is 5.27. The van der Waals surface area contributed by atoms with Gasteiger partial charge in [0, 0.05) is 23.4 Å². The molecule has 0 saturated carbocycles. The van der Waals surface area contributed by atoms with Crippen LogP contribution in [0, 0.1) is 5.92 Å². The van der Waals surface area contributed by atoms with Crippen LogP contribution in [0.1, 0.15) is 19.3 Å². The summed E-state index contributed by atoms with van der Waals surface area (Å²) in [6.07, 6.45) is 6.13. The summed E-state index contributed by atoms with van der Waals surface area (Å²) in [6, 6.07) is 1.56. The Morgan fingerprint density at radius 1 is 1.40 bits per heavy atom. The summed E-state index contributed by atoms with van der Waals surface area (Å²) < 4.78 is 27.5. The minimum Gasteiger partial charge on any atom is -0.306 e. The summed E-state index contributed by atoms with van der Waals surface area (Å²) in [5.41, 5.74) is 0. The lowest BCUT2D eigenvalue weighted by Crippen LogP contribution is -2.32. The van der Waals surface area contributed by atoms with Gasteiger partial charge in [0.2, 0.25) is 10.0 Å². The van der Waals surface area contributed by atoms with Gasteiger partial charge in [-0.25, -0.2) is 13.1 Å². The van der Waals surface area contributed by atoms with E-state index in [9.17, 15) is 8.42 Å². The van der Waals surface area contributed by atoms with Crippen LogP contribution in [-0.2, 0) is 10.0 Å². The van der Waals surface area contributed by atoms with Crippen LogP contribution in [-0.4, -0.2) is 45.0 Å². The highest BCUT2D eigenvalue weighted by molar-refractivity contribution is 9.10. The van der Waals surface area contributed by atoms with Crippen molar-refractivity contribution in [2.45, 2.75) is 24.2 Å². The number of nitrogens with one attached hydrogen (secondary N) is 1. The number of sulfonamides is 1. The summed E-state index contributed by atoms with van der Waals surface area (Å²) in [6.45, 7) is 2.70. The summed E-state index contributed by atoms with van der Waals surface area (Å²) in [4.78, 5) is 6.40. The number of hydrogen-bond donors (Lipinski definition) is 1. The summed E-state index contributed by atoms with van der Waals surface area (Å²) in [7, 11) is -1.32. The van der Waals surface area contributed by atoms with Crippen molar-refractivity contribution in [2.75, 3.05) is 26.7 Å². The molecule has 1 aromatic heterocycles. The van der Waals surface area contributed by atoms with E-state index in [1.807, 2.05) is 0 Å². The first-order valence-electron chi connectivity index (χ1n) is 6.76. The molecule has 0 atom stereocenters. The van der Waals surface area contributed by atoms with Crippen molar-refractivity contribution < 1.29 is 8.42 Å². The number of piperidine rings is 1. The van der Waals surface area contributed by atoms with E-state index in [0.717, 1.165) is 32.4 Å². The van der Waals surface area contributed by atoms with E-state index in [0.29, 0.717) is 16.9 Å². The molecular weight excluding hydrogens is 342 g/mol. The third kappa shape index (κ3) is 4.51. The molecule has 0 radical (unpaired) electrons. The van der Waals surface area contributed by atoms with Gasteiger partial charge in [-0.2, -0.15) is 0 Å². The van der Waals surface area contributed by atoms with Crippen LogP contribution in [0.3, 0.4) is 0 Å². The van der Waals surface area contributed by atoms with Gasteiger partial charge >= 0.3 is 0 Å². The summed E-state index contributed by atoms with van der Waals surface area (Å²) in [5.74, 6) is 0.620. The molecule has 112 valence electrons. The molecule has 0 spiro atoms. The largest absolute Gasteiger partial charge is 0.306 e. The van der Waals surface area contributed by atoms with Crippen molar-refractivity contribution >= 4 is 26.0 Å². The Balaban J connectivity index is 1.84. The van der Waals surface area contributed by atoms with Crippen molar-refractivity contribution in [1.82, 2.24) is 14.6 Å². The standard InChI is InChI=1S/C13H20BrN3O2S/c1-17-6-3-11(4-7-17)2-5-16-20(18,19)13-8-12(14)9-15-10-13/h8-11,16H,2-7H2,1H3. The first kappa shape index (κ1) is 15.9. The molecule has 0 amide bonds. The molecule has 1 aromatic rings. The number of hydrogen-bond acceptors (Lipinski definition) is 4. The van der Waals surface area contributed by atoms with Gasteiger partial charge < -0.3 is 4.90 Å². The fourth-order valence-electron chi connectivity index (χ4n) is 2.37. The van der Waals surface area contributed by atoms with E-state index in [-0.39, 0.29) is 4.90 Å². The number of aromatic nitrogens is 1. The Labute approximate surface area is 129 Å². The molecule has 0 bridgehead atoms.